The Labute approximate surface area is 131 Å². The summed E-state index contributed by atoms with van der Waals surface area (Å²) in [6, 6.07) is 9.51. The maximum atomic E-state index is 12.3. The molecule has 1 aromatic rings. The van der Waals surface area contributed by atoms with Gasteiger partial charge in [0, 0.05) is 13.1 Å². The molecule has 0 bridgehead atoms. The minimum atomic E-state index is -1.02. The van der Waals surface area contributed by atoms with Crippen molar-refractivity contribution in [1.29, 1.82) is 0 Å². The minimum absolute atomic E-state index is 0.295. The van der Waals surface area contributed by atoms with Crippen molar-refractivity contribution in [1.82, 2.24) is 10.2 Å². The Morgan fingerprint density at radius 1 is 1.14 bits per heavy atom. The van der Waals surface area contributed by atoms with Crippen LogP contribution in [0.25, 0.3) is 0 Å². The molecule has 5 nitrogen and oxygen atoms in total. The Morgan fingerprint density at radius 2 is 1.82 bits per heavy atom. The van der Waals surface area contributed by atoms with Gasteiger partial charge in [0.05, 0.1) is 0 Å². The fourth-order valence-electron chi connectivity index (χ4n) is 2.97. The van der Waals surface area contributed by atoms with Gasteiger partial charge in [-0.1, -0.05) is 49.6 Å². The van der Waals surface area contributed by atoms with Crippen LogP contribution in [0.4, 0.5) is 4.79 Å². The van der Waals surface area contributed by atoms with Crippen LogP contribution < -0.4 is 5.32 Å². The normalized spacial score (nSPS) is 15.3. The number of carbonyl (C=O) groups is 2. The summed E-state index contributed by atoms with van der Waals surface area (Å²) in [5.74, 6) is -0.501. The molecular formula is C17H24N2O3. The van der Waals surface area contributed by atoms with Gasteiger partial charge in [0.25, 0.3) is 0 Å². The zero-order valence-electron chi connectivity index (χ0n) is 12.8. The smallest absolute Gasteiger partial charge is 0.323 e. The fraction of sp³-hybridized carbons (Fsp3) is 0.529. The molecule has 0 aromatic heterocycles. The van der Waals surface area contributed by atoms with E-state index in [0.717, 1.165) is 18.4 Å². The Kier molecular flexibility index (Phi) is 6.25. The molecule has 0 unspecified atom stereocenters. The molecular weight excluding hydrogens is 280 g/mol. The average molecular weight is 304 g/mol. The predicted molar refractivity (Wildman–Crippen MR) is 84.5 cm³/mol. The van der Waals surface area contributed by atoms with Gasteiger partial charge < -0.3 is 15.3 Å². The van der Waals surface area contributed by atoms with Crippen molar-refractivity contribution in [3.63, 3.8) is 0 Å². The first-order valence-electron chi connectivity index (χ1n) is 7.93. The molecule has 0 atom stereocenters. The molecule has 1 saturated carbocycles. The number of urea groups is 1. The molecule has 1 aromatic carbocycles. The van der Waals surface area contributed by atoms with Gasteiger partial charge in [-0.3, -0.25) is 4.79 Å². The van der Waals surface area contributed by atoms with E-state index in [1.165, 1.54) is 19.3 Å². The molecule has 0 radical (unpaired) electrons. The van der Waals surface area contributed by atoms with Crippen molar-refractivity contribution in [2.24, 2.45) is 5.92 Å². The van der Waals surface area contributed by atoms with Gasteiger partial charge in [0.1, 0.15) is 6.54 Å². The number of hydrogen-bond acceptors (Lipinski definition) is 2. The second-order valence-corrected chi connectivity index (χ2v) is 5.92. The lowest BCUT2D eigenvalue weighted by Crippen LogP contribution is -2.44. The molecule has 22 heavy (non-hydrogen) atoms. The number of carboxylic acids is 1. The third-order valence-corrected chi connectivity index (χ3v) is 4.10. The van der Waals surface area contributed by atoms with E-state index in [9.17, 15) is 9.59 Å². The van der Waals surface area contributed by atoms with Crippen LogP contribution in [0.5, 0.6) is 0 Å². The van der Waals surface area contributed by atoms with Crippen molar-refractivity contribution < 1.29 is 14.7 Å². The largest absolute Gasteiger partial charge is 0.480 e. The summed E-state index contributed by atoms with van der Waals surface area (Å²) in [5, 5.41) is 11.2. The number of carboxylic acid groups (broad SMARTS) is 1. The van der Waals surface area contributed by atoms with E-state index in [1.54, 1.807) is 4.90 Å². The summed E-state index contributed by atoms with van der Waals surface area (Å²) in [5.41, 5.74) is 1.06. The summed E-state index contributed by atoms with van der Waals surface area (Å²) >= 11 is 0. The molecule has 2 amide bonds. The highest BCUT2D eigenvalue weighted by molar-refractivity contribution is 5.79. The fourth-order valence-corrected chi connectivity index (χ4v) is 2.97. The molecule has 0 spiro atoms. The van der Waals surface area contributed by atoms with Crippen LogP contribution >= 0.6 is 0 Å². The highest BCUT2D eigenvalue weighted by atomic mass is 16.4. The number of benzene rings is 1. The van der Waals surface area contributed by atoms with Crippen LogP contribution in [-0.4, -0.2) is 35.1 Å². The average Bonchev–Trinajstić information content (AvgIpc) is 2.54. The summed E-state index contributed by atoms with van der Waals surface area (Å²) in [6.45, 7) is 0.873. The Bertz CT molecular complexity index is 484. The van der Waals surface area contributed by atoms with Crippen molar-refractivity contribution >= 4 is 12.0 Å². The van der Waals surface area contributed by atoms with Crippen molar-refractivity contribution in [3.05, 3.63) is 35.9 Å². The molecule has 0 saturated heterocycles. The predicted octanol–water partition coefficient (Wildman–Crippen LogP) is 2.86. The molecule has 2 rings (SSSR count). The van der Waals surface area contributed by atoms with E-state index in [1.807, 2.05) is 30.3 Å². The first kappa shape index (κ1) is 16.3. The zero-order chi connectivity index (χ0) is 15.8. The Hall–Kier alpha value is -2.04. The number of nitrogens with zero attached hydrogens (tertiary/aromatic N) is 1. The monoisotopic (exact) mass is 304 g/mol. The van der Waals surface area contributed by atoms with Crippen LogP contribution in [0.3, 0.4) is 0 Å². The van der Waals surface area contributed by atoms with E-state index in [2.05, 4.69) is 5.32 Å². The van der Waals surface area contributed by atoms with Gasteiger partial charge in [-0.05, 0) is 24.3 Å². The number of aliphatic carboxylic acids is 1. The SMILES string of the molecule is O=C(O)CNC(=O)N(Cc1ccccc1)CC1CCCCC1. The van der Waals surface area contributed by atoms with Gasteiger partial charge in [0.15, 0.2) is 0 Å². The van der Waals surface area contributed by atoms with Crippen LogP contribution in [0, 0.1) is 5.92 Å². The van der Waals surface area contributed by atoms with E-state index in [0.29, 0.717) is 19.0 Å². The second-order valence-electron chi connectivity index (χ2n) is 5.92. The molecule has 120 valence electrons. The first-order valence-corrected chi connectivity index (χ1v) is 7.93. The highest BCUT2D eigenvalue weighted by Crippen LogP contribution is 2.25. The standard InChI is InChI=1S/C17H24N2O3/c20-16(21)11-18-17(22)19(12-14-7-3-1-4-8-14)13-15-9-5-2-6-10-15/h1,3-4,7-8,15H,2,5-6,9-13H2,(H,18,22)(H,20,21). The number of rotatable bonds is 6. The third-order valence-electron chi connectivity index (χ3n) is 4.10. The van der Waals surface area contributed by atoms with Gasteiger partial charge >= 0.3 is 12.0 Å². The summed E-state index contributed by atoms with van der Waals surface area (Å²) in [4.78, 5) is 24.7. The van der Waals surface area contributed by atoms with Crippen molar-refractivity contribution in [2.75, 3.05) is 13.1 Å². The number of hydrogen-bond donors (Lipinski definition) is 2. The minimum Gasteiger partial charge on any atom is -0.480 e. The van der Waals surface area contributed by atoms with Crippen LogP contribution in [-0.2, 0) is 11.3 Å². The first-order chi connectivity index (χ1) is 10.6. The van der Waals surface area contributed by atoms with Crippen LogP contribution in [0.15, 0.2) is 30.3 Å². The van der Waals surface area contributed by atoms with E-state index in [4.69, 9.17) is 5.11 Å². The Balaban J connectivity index is 1.98. The number of carbonyl (C=O) groups excluding carboxylic acids is 1. The Morgan fingerprint density at radius 3 is 2.45 bits per heavy atom. The van der Waals surface area contributed by atoms with E-state index in [-0.39, 0.29) is 12.6 Å². The lowest BCUT2D eigenvalue weighted by Gasteiger charge is -2.30. The second kappa shape index (κ2) is 8.41. The van der Waals surface area contributed by atoms with Gasteiger partial charge in [-0.25, -0.2) is 4.79 Å². The maximum absolute atomic E-state index is 12.3. The van der Waals surface area contributed by atoms with Gasteiger partial charge in [-0.15, -0.1) is 0 Å². The van der Waals surface area contributed by atoms with Crippen molar-refractivity contribution in [3.8, 4) is 0 Å². The molecule has 0 heterocycles. The van der Waals surface area contributed by atoms with E-state index >= 15 is 0 Å². The van der Waals surface area contributed by atoms with E-state index < -0.39 is 5.97 Å². The lowest BCUT2D eigenvalue weighted by atomic mass is 9.89. The van der Waals surface area contributed by atoms with Gasteiger partial charge in [0.2, 0.25) is 0 Å². The molecule has 5 heteroatoms. The van der Waals surface area contributed by atoms with Gasteiger partial charge in [-0.2, -0.15) is 0 Å². The number of amides is 2. The topological polar surface area (TPSA) is 69.6 Å². The number of nitrogens with one attached hydrogen (secondary N) is 1. The maximum Gasteiger partial charge on any atom is 0.323 e. The molecule has 1 fully saturated rings. The van der Waals surface area contributed by atoms with Crippen LogP contribution in [0.1, 0.15) is 37.7 Å². The molecule has 0 aliphatic heterocycles. The van der Waals surface area contributed by atoms with Crippen LogP contribution in [0.2, 0.25) is 0 Å². The summed E-state index contributed by atoms with van der Waals surface area (Å²) in [7, 11) is 0. The highest BCUT2D eigenvalue weighted by Gasteiger charge is 2.21. The lowest BCUT2D eigenvalue weighted by molar-refractivity contribution is -0.135. The van der Waals surface area contributed by atoms with Crippen molar-refractivity contribution in [2.45, 2.75) is 38.6 Å². The quantitative estimate of drug-likeness (QED) is 0.849. The third kappa shape index (κ3) is 5.39. The summed E-state index contributed by atoms with van der Waals surface area (Å²) < 4.78 is 0. The molecule has 1 aliphatic carbocycles. The summed E-state index contributed by atoms with van der Waals surface area (Å²) in [6.07, 6.45) is 6.02. The molecule has 1 aliphatic rings. The zero-order valence-corrected chi connectivity index (χ0v) is 12.8. The molecule has 2 N–H and O–H groups in total.